The zero-order valence-electron chi connectivity index (χ0n) is 26.6. The van der Waals surface area contributed by atoms with Crippen LogP contribution >= 0.6 is 0 Å². The van der Waals surface area contributed by atoms with Gasteiger partial charge in [0.2, 0.25) is 0 Å². The molecule has 226 valence electrons. The van der Waals surface area contributed by atoms with Crippen molar-refractivity contribution in [2.24, 2.45) is 0 Å². The molecule has 10 rings (SSSR count). The molecule has 9 aromatic rings. The van der Waals surface area contributed by atoms with Gasteiger partial charge in [0.05, 0.1) is 22.7 Å². The molecule has 1 aliphatic carbocycles. The zero-order chi connectivity index (χ0) is 32.5. The van der Waals surface area contributed by atoms with E-state index in [1.54, 1.807) is 0 Å². The van der Waals surface area contributed by atoms with Crippen LogP contribution in [0, 0.1) is 11.3 Å². The summed E-state index contributed by atoms with van der Waals surface area (Å²) < 4.78 is 2.31. The highest BCUT2D eigenvalue weighted by Crippen LogP contribution is 2.57. The Kier molecular flexibility index (Phi) is 5.97. The van der Waals surface area contributed by atoms with Gasteiger partial charge in [0, 0.05) is 16.5 Å². The summed E-state index contributed by atoms with van der Waals surface area (Å²) >= 11 is 0. The molecule has 1 heterocycles. The minimum absolute atomic E-state index is 0.657. The lowest BCUT2D eigenvalue weighted by Gasteiger charge is -2.21. The molecule has 2 nitrogen and oxygen atoms in total. The van der Waals surface area contributed by atoms with Crippen LogP contribution in [0.5, 0.6) is 0 Å². The molecule has 2 heteroatoms. The third kappa shape index (κ3) is 4.07. The number of hydrogen-bond acceptors (Lipinski definition) is 1. The van der Waals surface area contributed by atoms with E-state index < -0.39 is 0 Å². The third-order valence-corrected chi connectivity index (χ3v) is 10.1. The van der Waals surface area contributed by atoms with E-state index in [1.165, 1.54) is 60.8 Å². The molecule has 0 atom stereocenters. The van der Waals surface area contributed by atoms with E-state index in [0.29, 0.717) is 5.56 Å². The topological polar surface area (TPSA) is 28.7 Å². The second-order valence-corrected chi connectivity index (χ2v) is 12.8. The van der Waals surface area contributed by atoms with Crippen LogP contribution in [0.15, 0.2) is 170 Å². The van der Waals surface area contributed by atoms with Crippen molar-refractivity contribution < 1.29 is 0 Å². The second-order valence-electron chi connectivity index (χ2n) is 12.8. The Morgan fingerprint density at radius 3 is 1.69 bits per heavy atom. The van der Waals surface area contributed by atoms with Gasteiger partial charge in [-0.15, -0.1) is 0 Å². The lowest BCUT2D eigenvalue weighted by atomic mass is 9.82. The summed E-state index contributed by atoms with van der Waals surface area (Å²) in [6, 6.07) is 63.2. The van der Waals surface area contributed by atoms with Crippen molar-refractivity contribution in [2.45, 2.75) is 0 Å². The summed E-state index contributed by atoms with van der Waals surface area (Å²) in [5.74, 6) is 0. The summed E-state index contributed by atoms with van der Waals surface area (Å²) in [4.78, 5) is 0. The van der Waals surface area contributed by atoms with Gasteiger partial charge in [-0.3, -0.25) is 0 Å². The van der Waals surface area contributed by atoms with Crippen molar-refractivity contribution >= 4 is 32.6 Å². The third-order valence-electron chi connectivity index (χ3n) is 10.1. The molecule has 0 bridgehead atoms. The Morgan fingerprint density at radius 1 is 0.408 bits per heavy atom. The Morgan fingerprint density at radius 2 is 1.00 bits per heavy atom. The van der Waals surface area contributed by atoms with E-state index in [9.17, 15) is 5.26 Å². The quantitative estimate of drug-likeness (QED) is 0.192. The standard InChI is InChI=1S/C47H28N2/c48-29-30-22-24-42-40(26-30)41-27-34(23-25-43(41)49(42)35-18-8-3-9-19-35)39-28-38(31-12-4-1-5-13-31)46-36-20-10-16-32-17-11-21-37(44(32)36)47(46)45(39)33-14-6-2-7-15-33/h1-28H. The van der Waals surface area contributed by atoms with Gasteiger partial charge < -0.3 is 4.57 Å². The van der Waals surface area contributed by atoms with Crippen molar-refractivity contribution in [1.29, 1.82) is 5.26 Å². The molecule has 8 aromatic carbocycles. The molecule has 0 N–H and O–H groups in total. The first-order valence-electron chi connectivity index (χ1n) is 16.7. The van der Waals surface area contributed by atoms with Crippen LogP contribution in [-0.4, -0.2) is 4.57 Å². The summed E-state index contributed by atoms with van der Waals surface area (Å²) in [5, 5.41) is 14.7. The maximum Gasteiger partial charge on any atom is 0.0991 e. The molecule has 49 heavy (non-hydrogen) atoms. The number of aromatic nitrogens is 1. The maximum atomic E-state index is 9.90. The maximum absolute atomic E-state index is 9.90. The first-order valence-corrected chi connectivity index (χ1v) is 16.7. The normalized spacial score (nSPS) is 11.7. The zero-order valence-corrected chi connectivity index (χ0v) is 26.6. The lowest BCUT2D eigenvalue weighted by molar-refractivity contribution is 1.18. The molecular weight excluding hydrogens is 593 g/mol. The minimum Gasteiger partial charge on any atom is -0.309 e. The van der Waals surface area contributed by atoms with Gasteiger partial charge in [-0.05, 0) is 115 Å². The van der Waals surface area contributed by atoms with Gasteiger partial charge in [-0.25, -0.2) is 0 Å². The van der Waals surface area contributed by atoms with E-state index in [2.05, 4.69) is 162 Å². The summed E-state index contributed by atoms with van der Waals surface area (Å²) in [5.41, 5.74) is 16.3. The van der Waals surface area contributed by atoms with Crippen LogP contribution in [0.1, 0.15) is 5.56 Å². The molecule has 0 radical (unpaired) electrons. The van der Waals surface area contributed by atoms with Crippen molar-refractivity contribution in [3.8, 4) is 67.4 Å². The number of benzene rings is 8. The fourth-order valence-corrected chi connectivity index (χ4v) is 8.08. The molecule has 0 saturated heterocycles. The molecule has 0 fully saturated rings. The number of nitriles is 1. The molecule has 0 spiro atoms. The van der Waals surface area contributed by atoms with Gasteiger partial charge in [0.25, 0.3) is 0 Å². The molecular formula is C47H28N2. The molecule has 1 aromatic heterocycles. The number of rotatable bonds is 4. The van der Waals surface area contributed by atoms with Gasteiger partial charge in [-0.1, -0.05) is 121 Å². The van der Waals surface area contributed by atoms with Crippen LogP contribution in [0.3, 0.4) is 0 Å². The molecule has 1 aliphatic rings. The van der Waals surface area contributed by atoms with Crippen molar-refractivity contribution in [1.82, 2.24) is 4.57 Å². The van der Waals surface area contributed by atoms with Crippen molar-refractivity contribution in [3.63, 3.8) is 0 Å². The fourth-order valence-electron chi connectivity index (χ4n) is 8.08. The highest BCUT2D eigenvalue weighted by atomic mass is 15.0. The van der Waals surface area contributed by atoms with Gasteiger partial charge in [0.15, 0.2) is 0 Å². The number of fused-ring (bicyclic) bond motifs is 6. The average Bonchev–Trinajstić information content (AvgIpc) is 3.69. The van der Waals surface area contributed by atoms with E-state index in [4.69, 9.17) is 0 Å². The van der Waals surface area contributed by atoms with Crippen molar-refractivity contribution in [2.75, 3.05) is 0 Å². The Balaban J connectivity index is 1.35. The largest absolute Gasteiger partial charge is 0.309 e. The Labute approximate surface area is 284 Å². The summed E-state index contributed by atoms with van der Waals surface area (Å²) in [6.45, 7) is 0. The summed E-state index contributed by atoms with van der Waals surface area (Å²) in [7, 11) is 0. The van der Waals surface area contributed by atoms with Gasteiger partial charge in [-0.2, -0.15) is 5.26 Å². The minimum atomic E-state index is 0.657. The van der Waals surface area contributed by atoms with Crippen LogP contribution in [-0.2, 0) is 0 Å². The van der Waals surface area contributed by atoms with E-state index >= 15 is 0 Å². The predicted molar refractivity (Wildman–Crippen MR) is 204 cm³/mol. The van der Waals surface area contributed by atoms with E-state index in [1.807, 2.05) is 18.2 Å². The average molecular weight is 621 g/mol. The smallest absolute Gasteiger partial charge is 0.0991 e. The van der Waals surface area contributed by atoms with Crippen LogP contribution in [0.2, 0.25) is 0 Å². The fraction of sp³-hybridized carbons (Fsp3) is 0. The lowest BCUT2D eigenvalue weighted by Crippen LogP contribution is -1.95. The predicted octanol–water partition coefficient (Wildman–Crippen LogP) is 12.5. The monoisotopic (exact) mass is 620 g/mol. The van der Waals surface area contributed by atoms with Gasteiger partial charge >= 0.3 is 0 Å². The Bertz CT molecular complexity index is 2800. The molecule has 0 unspecified atom stereocenters. The second kappa shape index (κ2) is 10.7. The number of para-hydroxylation sites is 1. The molecule has 0 saturated carbocycles. The number of hydrogen-bond donors (Lipinski definition) is 0. The highest BCUT2D eigenvalue weighted by molar-refractivity contribution is 6.23. The first-order chi connectivity index (χ1) is 24.3. The van der Waals surface area contributed by atoms with Crippen LogP contribution in [0.25, 0.3) is 93.9 Å². The van der Waals surface area contributed by atoms with Crippen molar-refractivity contribution in [3.05, 3.63) is 175 Å². The highest BCUT2D eigenvalue weighted by Gasteiger charge is 2.30. The van der Waals surface area contributed by atoms with Crippen LogP contribution in [0.4, 0.5) is 0 Å². The first kappa shape index (κ1) is 27.4. The number of nitrogens with zero attached hydrogens (tertiary/aromatic N) is 2. The van der Waals surface area contributed by atoms with E-state index in [-0.39, 0.29) is 0 Å². The summed E-state index contributed by atoms with van der Waals surface area (Å²) in [6.07, 6.45) is 0. The Hall–Kier alpha value is -6.69. The SMILES string of the molecule is N#Cc1ccc2c(c1)c1cc(-c3cc(-c4ccccc4)c4c(c3-c3ccccc3)-c3cccc5cccc-4c35)ccc1n2-c1ccccc1. The molecule has 0 amide bonds. The van der Waals surface area contributed by atoms with Crippen LogP contribution < -0.4 is 0 Å². The van der Waals surface area contributed by atoms with E-state index in [0.717, 1.165) is 33.1 Å². The van der Waals surface area contributed by atoms with Gasteiger partial charge in [0.1, 0.15) is 0 Å². The molecule has 0 aliphatic heterocycles.